The lowest BCUT2D eigenvalue weighted by Crippen LogP contribution is -2.04. The summed E-state index contributed by atoms with van der Waals surface area (Å²) in [6.07, 6.45) is 1.45. The second-order valence-corrected chi connectivity index (χ2v) is 6.25. The van der Waals surface area contributed by atoms with Crippen LogP contribution in [0.15, 0.2) is 60.8 Å². The molecule has 0 bridgehead atoms. The van der Waals surface area contributed by atoms with Crippen LogP contribution in [0.25, 0.3) is 11.0 Å². The van der Waals surface area contributed by atoms with Crippen LogP contribution in [-0.4, -0.2) is 25.6 Å². The van der Waals surface area contributed by atoms with E-state index in [4.69, 9.17) is 14.6 Å². The first-order valence-electron chi connectivity index (χ1n) is 8.71. The Bertz CT molecular complexity index is 1210. The first kappa shape index (κ1) is 18.4. The maximum absolute atomic E-state index is 13.8. The minimum absolute atomic E-state index is 0.101. The van der Waals surface area contributed by atoms with Gasteiger partial charge in [0.05, 0.1) is 16.6 Å². The lowest BCUT2D eigenvalue weighted by atomic mass is 10.2. The van der Waals surface area contributed by atoms with Crippen molar-refractivity contribution in [2.24, 2.45) is 7.05 Å². The van der Waals surface area contributed by atoms with Crippen molar-refractivity contribution in [2.45, 2.75) is 6.61 Å². The molecule has 0 radical (unpaired) electrons. The molecule has 146 valence electrons. The van der Waals surface area contributed by atoms with Crippen molar-refractivity contribution in [1.29, 1.82) is 0 Å². The SMILES string of the molecule is Cn1c(COc2cccc(C(=O)O)c2)nc2ccc(Oc3ncccc3F)cc21. The van der Waals surface area contributed by atoms with Gasteiger partial charge in [0.25, 0.3) is 5.88 Å². The van der Waals surface area contributed by atoms with E-state index in [-0.39, 0.29) is 18.1 Å². The van der Waals surface area contributed by atoms with E-state index >= 15 is 0 Å². The summed E-state index contributed by atoms with van der Waals surface area (Å²) >= 11 is 0. The topological polar surface area (TPSA) is 86.5 Å². The molecule has 0 aliphatic carbocycles. The van der Waals surface area contributed by atoms with E-state index in [1.165, 1.54) is 30.5 Å². The monoisotopic (exact) mass is 393 g/mol. The largest absolute Gasteiger partial charge is 0.486 e. The molecule has 2 aromatic heterocycles. The van der Waals surface area contributed by atoms with Gasteiger partial charge in [-0.15, -0.1) is 0 Å². The van der Waals surface area contributed by atoms with Crippen molar-refractivity contribution in [2.75, 3.05) is 0 Å². The number of carboxylic acids is 1. The standard InChI is InChI=1S/C21H16FN3O4/c1-25-18-11-15(29-20-16(22)6-3-9-23-20)7-8-17(18)24-19(25)12-28-14-5-2-4-13(10-14)21(26)27/h2-11H,12H2,1H3,(H,26,27). The smallest absolute Gasteiger partial charge is 0.335 e. The number of halogens is 1. The molecule has 4 aromatic rings. The van der Waals surface area contributed by atoms with Gasteiger partial charge in [-0.1, -0.05) is 6.07 Å². The maximum Gasteiger partial charge on any atom is 0.335 e. The highest BCUT2D eigenvalue weighted by atomic mass is 19.1. The molecule has 0 atom stereocenters. The molecule has 4 rings (SSSR count). The van der Waals surface area contributed by atoms with Crippen LogP contribution < -0.4 is 9.47 Å². The number of imidazole rings is 1. The third kappa shape index (κ3) is 3.86. The molecular weight excluding hydrogens is 377 g/mol. The van der Waals surface area contributed by atoms with Gasteiger partial charge in [-0.2, -0.15) is 0 Å². The number of aromatic nitrogens is 3. The van der Waals surface area contributed by atoms with Crippen LogP contribution in [0.1, 0.15) is 16.2 Å². The van der Waals surface area contributed by atoms with Crippen molar-refractivity contribution in [1.82, 2.24) is 14.5 Å². The summed E-state index contributed by atoms with van der Waals surface area (Å²) in [5.41, 5.74) is 1.65. The minimum Gasteiger partial charge on any atom is -0.486 e. The van der Waals surface area contributed by atoms with Gasteiger partial charge in [0.1, 0.15) is 23.9 Å². The summed E-state index contributed by atoms with van der Waals surface area (Å²) in [6, 6.07) is 14.2. The zero-order chi connectivity index (χ0) is 20.4. The molecule has 0 spiro atoms. The second kappa shape index (κ2) is 7.59. The van der Waals surface area contributed by atoms with Gasteiger partial charge < -0.3 is 19.1 Å². The number of rotatable bonds is 6. The van der Waals surface area contributed by atoms with Gasteiger partial charge in [0.15, 0.2) is 5.82 Å². The van der Waals surface area contributed by atoms with E-state index < -0.39 is 11.8 Å². The number of ether oxygens (including phenoxy) is 2. The molecule has 1 N–H and O–H groups in total. The van der Waals surface area contributed by atoms with Gasteiger partial charge in [0, 0.05) is 19.3 Å². The Kier molecular flexibility index (Phi) is 4.82. The fourth-order valence-corrected chi connectivity index (χ4v) is 2.84. The third-order valence-corrected chi connectivity index (χ3v) is 4.33. The summed E-state index contributed by atoms with van der Waals surface area (Å²) in [6.45, 7) is 0.152. The quantitative estimate of drug-likeness (QED) is 0.529. The lowest BCUT2D eigenvalue weighted by molar-refractivity contribution is 0.0696. The molecule has 2 aromatic carbocycles. The number of hydrogen-bond donors (Lipinski definition) is 1. The molecule has 0 fully saturated rings. The Hall–Kier alpha value is -3.94. The predicted molar refractivity (Wildman–Crippen MR) is 103 cm³/mol. The first-order valence-corrected chi connectivity index (χ1v) is 8.71. The van der Waals surface area contributed by atoms with Gasteiger partial charge in [-0.05, 0) is 42.5 Å². The van der Waals surface area contributed by atoms with Gasteiger partial charge in [0.2, 0.25) is 0 Å². The second-order valence-electron chi connectivity index (χ2n) is 6.25. The molecule has 0 amide bonds. The number of pyridine rings is 1. The summed E-state index contributed by atoms with van der Waals surface area (Å²) in [5, 5.41) is 9.07. The first-order chi connectivity index (χ1) is 14.0. The van der Waals surface area contributed by atoms with Crippen LogP contribution in [0.2, 0.25) is 0 Å². The Morgan fingerprint density at radius 3 is 2.79 bits per heavy atom. The van der Waals surface area contributed by atoms with E-state index in [9.17, 15) is 9.18 Å². The normalized spacial score (nSPS) is 10.8. The molecule has 0 unspecified atom stereocenters. The van der Waals surface area contributed by atoms with Crippen molar-refractivity contribution in [3.05, 3.63) is 78.0 Å². The number of carbonyl (C=O) groups is 1. The summed E-state index contributed by atoms with van der Waals surface area (Å²) in [4.78, 5) is 19.5. The van der Waals surface area contributed by atoms with Crippen LogP contribution in [0.5, 0.6) is 17.4 Å². The fourth-order valence-electron chi connectivity index (χ4n) is 2.84. The minimum atomic E-state index is -1.02. The average Bonchev–Trinajstić information content (AvgIpc) is 3.04. The molecule has 0 aliphatic rings. The van der Waals surface area contributed by atoms with Crippen molar-refractivity contribution in [3.8, 4) is 17.4 Å². The number of carboxylic acid groups (broad SMARTS) is 1. The number of nitrogens with zero attached hydrogens (tertiary/aromatic N) is 3. The number of fused-ring (bicyclic) bond motifs is 1. The van der Waals surface area contributed by atoms with E-state index in [1.807, 2.05) is 11.6 Å². The third-order valence-electron chi connectivity index (χ3n) is 4.33. The van der Waals surface area contributed by atoms with E-state index in [2.05, 4.69) is 9.97 Å². The summed E-state index contributed by atoms with van der Waals surface area (Å²) < 4.78 is 26.8. The van der Waals surface area contributed by atoms with Gasteiger partial charge in [-0.25, -0.2) is 19.2 Å². The molecule has 29 heavy (non-hydrogen) atoms. The zero-order valence-electron chi connectivity index (χ0n) is 15.4. The highest BCUT2D eigenvalue weighted by Gasteiger charge is 2.12. The predicted octanol–water partition coefficient (Wildman–Crippen LogP) is 4.18. The number of aryl methyl sites for hydroxylation is 1. The molecule has 2 heterocycles. The molecule has 0 saturated carbocycles. The summed E-state index contributed by atoms with van der Waals surface area (Å²) in [5.74, 6) is -0.158. The van der Waals surface area contributed by atoms with Crippen LogP contribution in [0.3, 0.4) is 0 Å². The van der Waals surface area contributed by atoms with Gasteiger partial charge in [-0.3, -0.25) is 0 Å². The Morgan fingerprint density at radius 2 is 2.00 bits per heavy atom. The van der Waals surface area contributed by atoms with Crippen molar-refractivity contribution < 1.29 is 23.8 Å². The highest BCUT2D eigenvalue weighted by molar-refractivity contribution is 5.88. The average molecular weight is 393 g/mol. The van der Waals surface area contributed by atoms with Crippen LogP contribution in [0, 0.1) is 5.82 Å². The molecule has 0 aliphatic heterocycles. The Labute approximate surface area is 165 Å². The van der Waals surface area contributed by atoms with Gasteiger partial charge >= 0.3 is 5.97 Å². The number of aromatic carboxylic acids is 1. The fraction of sp³-hybridized carbons (Fsp3) is 0.0952. The zero-order valence-corrected chi connectivity index (χ0v) is 15.4. The summed E-state index contributed by atoms with van der Waals surface area (Å²) in [7, 11) is 1.83. The molecular formula is C21H16FN3O4. The number of hydrogen-bond acceptors (Lipinski definition) is 5. The lowest BCUT2D eigenvalue weighted by Gasteiger charge is -2.07. The molecule has 8 heteroatoms. The van der Waals surface area contributed by atoms with Crippen LogP contribution in [-0.2, 0) is 13.7 Å². The molecule has 0 saturated heterocycles. The van der Waals surface area contributed by atoms with Crippen LogP contribution >= 0.6 is 0 Å². The molecule has 7 nitrogen and oxygen atoms in total. The van der Waals surface area contributed by atoms with E-state index in [0.29, 0.717) is 17.3 Å². The highest BCUT2D eigenvalue weighted by Crippen LogP contribution is 2.26. The van der Waals surface area contributed by atoms with Crippen LogP contribution in [0.4, 0.5) is 4.39 Å². The Morgan fingerprint density at radius 1 is 1.14 bits per heavy atom. The van der Waals surface area contributed by atoms with Crippen molar-refractivity contribution in [3.63, 3.8) is 0 Å². The maximum atomic E-state index is 13.8. The van der Waals surface area contributed by atoms with E-state index in [1.54, 1.807) is 30.3 Å². The number of benzene rings is 2. The Balaban J connectivity index is 1.55. The van der Waals surface area contributed by atoms with E-state index in [0.717, 1.165) is 11.0 Å². The van der Waals surface area contributed by atoms with Crippen molar-refractivity contribution >= 4 is 17.0 Å².